The molecule has 0 atom stereocenters. The summed E-state index contributed by atoms with van der Waals surface area (Å²) < 4.78 is 5.00. The zero-order valence-corrected chi connectivity index (χ0v) is 10.6. The average molecular weight is 258 g/mol. The summed E-state index contributed by atoms with van der Waals surface area (Å²) in [4.78, 5) is 11.6. The Labute approximate surface area is 105 Å². The normalized spacial score (nSPS) is 11.3. The molecule has 0 fully saturated rings. The highest BCUT2D eigenvalue weighted by molar-refractivity contribution is 6.33. The van der Waals surface area contributed by atoms with Crippen LogP contribution in [-0.2, 0) is 4.74 Å². The number of aliphatic hydroxyl groups is 1. The van der Waals surface area contributed by atoms with Gasteiger partial charge in [0.15, 0.2) is 0 Å². The Kier molecular flexibility index (Phi) is 4.37. The number of benzene rings is 1. The topological polar surface area (TPSA) is 72.5 Å². The van der Waals surface area contributed by atoms with Crippen molar-refractivity contribution in [2.75, 3.05) is 12.3 Å². The van der Waals surface area contributed by atoms with Gasteiger partial charge in [0.1, 0.15) is 0 Å². The van der Waals surface area contributed by atoms with Gasteiger partial charge in [-0.05, 0) is 32.0 Å². The molecule has 1 aromatic carbocycles. The third-order valence-corrected chi connectivity index (χ3v) is 2.51. The molecule has 0 radical (unpaired) electrons. The summed E-state index contributed by atoms with van der Waals surface area (Å²) in [6.07, 6.45) is 0.376. The van der Waals surface area contributed by atoms with Gasteiger partial charge in [-0.25, -0.2) is 4.79 Å². The second-order valence-corrected chi connectivity index (χ2v) is 4.84. The van der Waals surface area contributed by atoms with Crippen LogP contribution < -0.4 is 5.73 Å². The van der Waals surface area contributed by atoms with Crippen LogP contribution in [0.2, 0.25) is 5.02 Å². The fourth-order valence-electron chi connectivity index (χ4n) is 1.13. The highest BCUT2D eigenvalue weighted by Crippen LogP contribution is 2.20. The maximum Gasteiger partial charge on any atom is 0.338 e. The number of rotatable bonds is 4. The fraction of sp³-hybridized carbons (Fsp3) is 0.417. The number of hydrogen-bond acceptors (Lipinski definition) is 4. The van der Waals surface area contributed by atoms with Gasteiger partial charge in [-0.2, -0.15) is 0 Å². The van der Waals surface area contributed by atoms with Gasteiger partial charge in [0.2, 0.25) is 0 Å². The summed E-state index contributed by atoms with van der Waals surface area (Å²) in [5, 5.41) is 9.77. The van der Waals surface area contributed by atoms with Crippen molar-refractivity contribution in [3.8, 4) is 0 Å². The van der Waals surface area contributed by atoms with Crippen LogP contribution in [0.1, 0.15) is 30.6 Å². The summed E-state index contributed by atoms with van der Waals surface area (Å²) in [6.45, 7) is 3.46. The van der Waals surface area contributed by atoms with E-state index in [4.69, 9.17) is 22.1 Å². The minimum Gasteiger partial charge on any atom is -0.462 e. The molecule has 0 bridgehead atoms. The highest BCUT2D eigenvalue weighted by atomic mass is 35.5. The predicted octanol–water partition coefficient (Wildman–Crippen LogP) is 2.24. The largest absolute Gasteiger partial charge is 0.462 e. The van der Waals surface area contributed by atoms with Crippen molar-refractivity contribution in [2.24, 2.45) is 0 Å². The van der Waals surface area contributed by atoms with Crippen molar-refractivity contribution in [1.82, 2.24) is 0 Å². The third kappa shape index (κ3) is 4.63. The molecule has 0 amide bonds. The molecule has 0 aliphatic carbocycles. The summed E-state index contributed by atoms with van der Waals surface area (Å²) in [6, 6.07) is 4.56. The van der Waals surface area contributed by atoms with E-state index < -0.39 is 11.6 Å². The maximum atomic E-state index is 11.6. The number of carbonyl (C=O) groups excluding carboxylic acids is 1. The molecule has 0 aromatic heterocycles. The number of carbonyl (C=O) groups is 1. The molecule has 0 saturated carbocycles. The molecule has 0 aliphatic rings. The van der Waals surface area contributed by atoms with Crippen LogP contribution in [0.15, 0.2) is 18.2 Å². The van der Waals surface area contributed by atoms with Crippen molar-refractivity contribution in [2.45, 2.75) is 25.9 Å². The first-order valence-corrected chi connectivity index (χ1v) is 5.62. The quantitative estimate of drug-likeness (QED) is 0.641. The van der Waals surface area contributed by atoms with Crippen LogP contribution in [0.5, 0.6) is 0 Å². The van der Waals surface area contributed by atoms with Crippen molar-refractivity contribution < 1.29 is 14.6 Å². The Balaban J connectivity index is 2.56. The molecule has 0 heterocycles. The molecule has 94 valence electrons. The van der Waals surface area contributed by atoms with Crippen LogP contribution in [0, 0.1) is 0 Å². The van der Waals surface area contributed by atoms with Gasteiger partial charge in [-0.3, -0.25) is 0 Å². The summed E-state index contributed by atoms with van der Waals surface area (Å²) >= 11 is 5.79. The van der Waals surface area contributed by atoms with Crippen LogP contribution >= 0.6 is 11.6 Å². The van der Waals surface area contributed by atoms with Gasteiger partial charge >= 0.3 is 5.97 Å². The van der Waals surface area contributed by atoms with Crippen LogP contribution in [0.25, 0.3) is 0 Å². The zero-order valence-electron chi connectivity index (χ0n) is 9.87. The first-order valence-electron chi connectivity index (χ1n) is 5.24. The summed E-state index contributed by atoms with van der Waals surface area (Å²) in [5.74, 6) is -0.476. The van der Waals surface area contributed by atoms with E-state index in [0.717, 1.165) is 0 Å². The second kappa shape index (κ2) is 5.38. The molecule has 1 rings (SSSR count). The van der Waals surface area contributed by atoms with E-state index in [1.807, 2.05) is 0 Å². The molecule has 0 saturated heterocycles. The van der Waals surface area contributed by atoms with E-state index in [0.29, 0.717) is 22.7 Å². The lowest BCUT2D eigenvalue weighted by Crippen LogP contribution is -2.22. The Morgan fingerprint density at radius 1 is 1.53 bits per heavy atom. The Hall–Kier alpha value is -1.26. The standard InChI is InChI=1S/C12H16ClNO3/c1-12(2,16)5-6-17-11(15)8-3-4-10(14)9(13)7-8/h3-4,7,16H,5-6,14H2,1-2H3. The second-order valence-electron chi connectivity index (χ2n) is 4.43. The maximum absolute atomic E-state index is 11.6. The van der Waals surface area contributed by atoms with Crippen molar-refractivity contribution in [3.63, 3.8) is 0 Å². The molecule has 1 aromatic rings. The van der Waals surface area contributed by atoms with E-state index in [1.54, 1.807) is 26.0 Å². The SMILES string of the molecule is CC(C)(O)CCOC(=O)c1ccc(N)c(Cl)c1. The lowest BCUT2D eigenvalue weighted by molar-refractivity contribution is 0.0244. The van der Waals surface area contributed by atoms with Crippen LogP contribution in [0.4, 0.5) is 5.69 Å². The number of ether oxygens (including phenoxy) is 1. The van der Waals surface area contributed by atoms with E-state index in [2.05, 4.69) is 0 Å². The zero-order chi connectivity index (χ0) is 13.1. The van der Waals surface area contributed by atoms with Crippen LogP contribution in [0.3, 0.4) is 0 Å². The first-order chi connectivity index (χ1) is 7.79. The van der Waals surface area contributed by atoms with Gasteiger partial charge in [-0.1, -0.05) is 11.6 Å². The van der Waals surface area contributed by atoms with E-state index >= 15 is 0 Å². The Morgan fingerprint density at radius 3 is 2.71 bits per heavy atom. The number of nitrogen functional groups attached to an aromatic ring is 1. The molecule has 5 heteroatoms. The number of esters is 1. The van der Waals surface area contributed by atoms with Crippen molar-refractivity contribution in [3.05, 3.63) is 28.8 Å². The van der Waals surface area contributed by atoms with E-state index in [9.17, 15) is 9.90 Å². The smallest absolute Gasteiger partial charge is 0.338 e. The lowest BCUT2D eigenvalue weighted by Gasteiger charge is -2.16. The number of anilines is 1. The monoisotopic (exact) mass is 257 g/mol. The summed E-state index contributed by atoms with van der Waals surface area (Å²) in [5.41, 5.74) is 5.44. The van der Waals surface area contributed by atoms with Crippen LogP contribution in [-0.4, -0.2) is 23.3 Å². The highest BCUT2D eigenvalue weighted by Gasteiger charge is 2.14. The number of nitrogens with two attached hydrogens (primary N) is 1. The molecule has 4 nitrogen and oxygen atoms in total. The van der Waals surface area contributed by atoms with E-state index in [1.165, 1.54) is 6.07 Å². The molecular weight excluding hydrogens is 242 g/mol. The van der Waals surface area contributed by atoms with Crippen molar-refractivity contribution in [1.29, 1.82) is 0 Å². The van der Waals surface area contributed by atoms with Gasteiger partial charge in [0, 0.05) is 6.42 Å². The summed E-state index contributed by atoms with van der Waals surface area (Å²) in [7, 11) is 0. The Bertz CT molecular complexity index is 413. The molecule has 0 spiro atoms. The van der Waals surface area contributed by atoms with E-state index in [-0.39, 0.29) is 6.61 Å². The fourth-order valence-corrected chi connectivity index (χ4v) is 1.31. The first kappa shape index (κ1) is 13.8. The van der Waals surface area contributed by atoms with Gasteiger partial charge < -0.3 is 15.6 Å². The molecular formula is C12H16ClNO3. The molecule has 0 unspecified atom stereocenters. The Morgan fingerprint density at radius 2 is 2.18 bits per heavy atom. The molecule has 17 heavy (non-hydrogen) atoms. The van der Waals surface area contributed by atoms with Crippen molar-refractivity contribution >= 4 is 23.3 Å². The lowest BCUT2D eigenvalue weighted by atomic mass is 10.1. The van der Waals surface area contributed by atoms with Gasteiger partial charge in [0.25, 0.3) is 0 Å². The number of halogens is 1. The molecule has 0 aliphatic heterocycles. The van der Waals surface area contributed by atoms with Gasteiger partial charge in [-0.15, -0.1) is 0 Å². The van der Waals surface area contributed by atoms with Gasteiger partial charge in [0.05, 0.1) is 28.5 Å². The minimum atomic E-state index is -0.848. The molecule has 3 N–H and O–H groups in total. The third-order valence-electron chi connectivity index (χ3n) is 2.18. The minimum absolute atomic E-state index is 0.157. The predicted molar refractivity (Wildman–Crippen MR) is 67.1 cm³/mol. The number of hydrogen-bond donors (Lipinski definition) is 2. The average Bonchev–Trinajstić information content (AvgIpc) is 2.20.